The molecule has 1 aliphatic rings. The zero-order valence-corrected chi connectivity index (χ0v) is 14.2. The topological polar surface area (TPSA) is 89.7 Å². The van der Waals surface area contributed by atoms with Gasteiger partial charge in [0.1, 0.15) is 11.9 Å². The number of nitrogens with zero attached hydrogens (tertiary/aromatic N) is 4. The minimum atomic E-state index is -0.522. The number of hydrogen-bond donors (Lipinski definition) is 1. The van der Waals surface area contributed by atoms with Crippen LogP contribution in [-0.4, -0.2) is 65.9 Å². The van der Waals surface area contributed by atoms with Crippen LogP contribution in [0.5, 0.6) is 0 Å². The van der Waals surface area contributed by atoms with Crippen LogP contribution in [0, 0.1) is 11.3 Å². The number of amides is 1. The number of aliphatic hydroxyl groups excluding tert-OH is 1. The Morgan fingerprint density at radius 2 is 2.08 bits per heavy atom. The van der Waals surface area contributed by atoms with Gasteiger partial charge in [0.05, 0.1) is 30.8 Å². The summed E-state index contributed by atoms with van der Waals surface area (Å²) in [6.07, 6.45) is 1.16. The summed E-state index contributed by atoms with van der Waals surface area (Å²) in [6.45, 7) is 6.46. The van der Waals surface area contributed by atoms with Crippen molar-refractivity contribution in [2.45, 2.75) is 32.5 Å². The van der Waals surface area contributed by atoms with Gasteiger partial charge in [-0.1, -0.05) is 0 Å². The Labute approximate surface area is 142 Å². The van der Waals surface area contributed by atoms with E-state index in [2.05, 4.69) is 16.0 Å². The normalized spacial score (nSPS) is 17.2. The Balaban J connectivity index is 1.79. The summed E-state index contributed by atoms with van der Waals surface area (Å²) in [5.41, 5.74) is 0.541. The van der Waals surface area contributed by atoms with Crippen molar-refractivity contribution in [3.63, 3.8) is 0 Å². The van der Waals surface area contributed by atoms with Crippen molar-refractivity contribution < 1.29 is 14.6 Å². The molecule has 0 saturated carbocycles. The molecule has 2 heterocycles. The zero-order valence-electron chi connectivity index (χ0n) is 14.2. The molecular formula is C17H24N4O3. The van der Waals surface area contributed by atoms with E-state index in [9.17, 15) is 9.90 Å². The van der Waals surface area contributed by atoms with E-state index in [1.807, 2.05) is 17.9 Å². The van der Waals surface area contributed by atoms with Crippen molar-refractivity contribution in [3.05, 3.63) is 23.9 Å². The molecular weight excluding hydrogens is 308 g/mol. The number of anilines is 1. The number of carbonyl (C=O) groups is 1. The summed E-state index contributed by atoms with van der Waals surface area (Å²) in [4.78, 5) is 20.5. The molecule has 1 amide bonds. The van der Waals surface area contributed by atoms with Gasteiger partial charge in [0, 0.05) is 32.4 Å². The van der Waals surface area contributed by atoms with E-state index in [4.69, 9.17) is 10.00 Å². The third-order valence-electron chi connectivity index (χ3n) is 3.92. The summed E-state index contributed by atoms with van der Waals surface area (Å²) in [7, 11) is 0. The molecule has 2 rings (SSSR count). The highest BCUT2D eigenvalue weighted by Gasteiger charge is 2.23. The molecule has 2 atom stereocenters. The van der Waals surface area contributed by atoms with Gasteiger partial charge in [-0.3, -0.25) is 4.79 Å². The molecule has 7 heteroatoms. The van der Waals surface area contributed by atoms with Crippen LogP contribution in [0.3, 0.4) is 0 Å². The maximum absolute atomic E-state index is 12.3. The second-order valence-corrected chi connectivity index (χ2v) is 6.08. The quantitative estimate of drug-likeness (QED) is 0.828. The van der Waals surface area contributed by atoms with Crippen molar-refractivity contribution in [2.24, 2.45) is 0 Å². The van der Waals surface area contributed by atoms with Gasteiger partial charge in [-0.25, -0.2) is 4.98 Å². The molecule has 0 bridgehead atoms. The van der Waals surface area contributed by atoms with Crippen LogP contribution in [-0.2, 0) is 9.53 Å². The molecule has 1 aliphatic heterocycles. The first kappa shape index (κ1) is 18.2. The van der Waals surface area contributed by atoms with Crippen molar-refractivity contribution in [1.29, 1.82) is 5.26 Å². The second kappa shape index (κ2) is 8.62. The SMILES string of the molecule is CC(O)CO[C@@H](C)CC(=O)N1CCN(c2ccc(C#N)cn2)CC1. The van der Waals surface area contributed by atoms with Gasteiger partial charge in [0.15, 0.2) is 0 Å². The Morgan fingerprint density at radius 3 is 2.62 bits per heavy atom. The highest BCUT2D eigenvalue weighted by molar-refractivity contribution is 5.77. The van der Waals surface area contributed by atoms with Gasteiger partial charge >= 0.3 is 0 Å². The maximum Gasteiger partial charge on any atom is 0.225 e. The molecule has 1 saturated heterocycles. The molecule has 1 aromatic heterocycles. The second-order valence-electron chi connectivity index (χ2n) is 6.08. The number of piperazine rings is 1. The van der Waals surface area contributed by atoms with Gasteiger partial charge in [0.2, 0.25) is 5.91 Å². The number of rotatable bonds is 6. The summed E-state index contributed by atoms with van der Waals surface area (Å²) >= 11 is 0. The van der Waals surface area contributed by atoms with Gasteiger partial charge in [-0.2, -0.15) is 5.26 Å². The number of pyridine rings is 1. The Morgan fingerprint density at radius 1 is 1.38 bits per heavy atom. The molecule has 130 valence electrons. The van der Waals surface area contributed by atoms with Crippen LogP contribution in [0.2, 0.25) is 0 Å². The first-order valence-corrected chi connectivity index (χ1v) is 8.18. The lowest BCUT2D eigenvalue weighted by Gasteiger charge is -2.35. The van der Waals surface area contributed by atoms with E-state index < -0.39 is 6.10 Å². The van der Waals surface area contributed by atoms with E-state index in [1.165, 1.54) is 0 Å². The molecule has 0 radical (unpaired) electrons. The number of aromatic nitrogens is 1. The molecule has 1 fully saturated rings. The van der Waals surface area contributed by atoms with Gasteiger partial charge < -0.3 is 19.6 Å². The number of hydrogen-bond acceptors (Lipinski definition) is 6. The molecule has 24 heavy (non-hydrogen) atoms. The number of nitriles is 1. The molecule has 1 N–H and O–H groups in total. The van der Waals surface area contributed by atoms with Crippen molar-refractivity contribution in [3.8, 4) is 6.07 Å². The van der Waals surface area contributed by atoms with Crippen molar-refractivity contribution in [1.82, 2.24) is 9.88 Å². The number of carbonyl (C=O) groups excluding carboxylic acids is 1. The summed E-state index contributed by atoms with van der Waals surface area (Å²) in [5, 5.41) is 18.0. The summed E-state index contributed by atoms with van der Waals surface area (Å²) < 4.78 is 5.43. The Kier molecular flexibility index (Phi) is 6.53. The highest BCUT2D eigenvalue weighted by atomic mass is 16.5. The minimum Gasteiger partial charge on any atom is -0.391 e. The zero-order chi connectivity index (χ0) is 17.5. The third kappa shape index (κ3) is 5.18. The monoisotopic (exact) mass is 332 g/mol. The predicted octanol–water partition coefficient (Wildman–Crippen LogP) is 0.778. The van der Waals surface area contributed by atoms with Gasteiger partial charge in [-0.05, 0) is 26.0 Å². The van der Waals surface area contributed by atoms with E-state index in [0.29, 0.717) is 38.2 Å². The van der Waals surface area contributed by atoms with E-state index >= 15 is 0 Å². The van der Waals surface area contributed by atoms with Crippen LogP contribution in [0.4, 0.5) is 5.82 Å². The third-order valence-corrected chi connectivity index (χ3v) is 3.92. The molecule has 1 aromatic rings. The van der Waals surface area contributed by atoms with Crippen LogP contribution in [0.25, 0.3) is 0 Å². The van der Waals surface area contributed by atoms with Crippen LogP contribution in [0.15, 0.2) is 18.3 Å². The number of ether oxygens (including phenoxy) is 1. The first-order valence-electron chi connectivity index (χ1n) is 8.18. The first-order chi connectivity index (χ1) is 11.5. The number of aliphatic hydroxyl groups is 1. The molecule has 7 nitrogen and oxygen atoms in total. The Bertz CT molecular complexity index is 574. The molecule has 0 aromatic carbocycles. The highest BCUT2D eigenvalue weighted by Crippen LogP contribution is 2.15. The van der Waals surface area contributed by atoms with Crippen molar-refractivity contribution >= 4 is 11.7 Å². The fraction of sp³-hybridized carbons (Fsp3) is 0.588. The molecule has 1 unspecified atom stereocenters. The predicted molar refractivity (Wildman–Crippen MR) is 89.5 cm³/mol. The van der Waals surface area contributed by atoms with Crippen LogP contribution >= 0.6 is 0 Å². The van der Waals surface area contributed by atoms with Crippen molar-refractivity contribution in [2.75, 3.05) is 37.7 Å². The lowest BCUT2D eigenvalue weighted by molar-refractivity contribution is -0.134. The largest absolute Gasteiger partial charge is 0.391 e. The summed E-state index contributed by atoms with van der Waals surface area (Å²) in [6, 6.07) is 5.64. The lowest BCUT2D eigenvalue weighted by atomic mass is 10.2. The van der Waals surface area contributed by atoms with Gasteiger partial charge in [0.25, 0.3) is 0 Å². The van der Waals surface area contributed by atoms with Crippen LogP contribution < -0.4 is 4.90 Å². The fourth-order valence-electron chi connectivity index (χ4n) is 2.56. The molecule has 0 aliphatic carbocycles. The fourth-order valence-corrected chi connectivity index (χ4v) is 2.56. The molecule has 0 spiro atoms. The standard InChI is InChI=1S/C17H24N4O3/c1-13(22)12-24-14(2)9-17(23)21-7-5-20(6-8-21)16-4-3-15(10-18)11-19-16/h3-4,11,13-14,22H,5-9,12H2,1-2H3/t13?,14-/m0/s1. The van der Waals surface area contributed by atoms with E-state index in [-0.39, 0.29) is 18.6 Å². The minimum absolute atomic E-state index is 0.0699. The smallest absolute Gasteiger partial charge is 0.225 e. The average molecular weight is 332 g/mol. The lowest BCUT2D eigenvalue weighted by Crippen LogP contribution is -2.49. The van der Waals surface area contributed by atoms with Gasteiger partial charge in [-0.15, -0.1) is 0 Å². The van der Waals surface area contributed by atoms with E-state index in [1.54, 1.807) is 19.2 Å². The average Bonchev–Trinajstić information content (AvgIpc) is 2.60. The summed E-state index contributed by atoms with van der Waals surface area (Å²) in [5.74, 6) is 0.898. The van der Waals surface area contributed by atoms with E-state index in [0.717, 1.165) is 5.82 Å². The maximum atomic E-state index is 12.3. The van der Waals surface area contributed by atoms with Crippen LogP contribution in [0.1, 0.15) is 25.8 Å². The Hall–Kier alpha value is -2.17.